The number of aliphatic carboxylic acids is 1. The van der Waals surface area contributed by atoms with Crippen LogP contribution in [0.15, 0.2) is 76.2 Å². The number of hydrogen-bond acceptors (Lipinski definition) is 5. The van der Waals surface area contributed by atoms with Crippen molar-refractivity contribution < 1.29 is 14.7 Å². The van der Waals surface area contributed by atoms with Gasteiger partial charge >= 0.3 is 5.97 Å². The Hall–Kier alpha value is -3.24. The molecule has 0 spiro atoms. The molecule has 6 nitrogen and oxygen atoms in total. The maximum Gasteiger partial charge on any atom is 0.306 e. The highest BCUT2D eigenvalue weighted by Gasteiger charge is 2.28. The molecule has 2 aromatic carbocycles. The fourth-order valence-corrected chi connectivity index (χ4v) is 4.01. The molecule has 0 bridgehead atoms. The second kappa shape index (κ2) is 9.80. The Morgan fingerprint density at radius 1 is 1.10 bits per heavy atom. The van der Waals surface area contributed by atoms with Crippen molar-refractivity contribution in [1.29, 1.82) is 5.26 Å². The van der Waals surface area contributed by atoms with Gasteiger partial charge < -0.3 is 15.3 Å². The molecule has 1 amide bonds. The lowest BCUT2D eigenvalue weighted by Gasteiger charge is -2.29. The zero-order valence-electron chi connectivity index (χ0n) is 15.7. The van der Waals surface area contributed by atoms with Gasteiger partial charge in [-0.05, 0) is 37.1 Å². The number of carboxylic acids is 1. The van der Waals surface area contributed by atoms with Crippen LogP contribution in [0.5, 0.6) is 0 Å². The smallest absolute Gasteiger partial charge is 0.306 e. The molecular formula is C22H21N3O3S. The summed E-state index contributed by atoms with van der Waals surface area (Å²) in [7, 11) is 0. The Morgan fingerprint density at radius 3 is 2.41 bits per heavy atom. The standard InChI is InChI=1S/C22H21N3O3S/c23-14-17(21(26)25-12-10-16(11-13-25)22(27)28)15-24-19-8-4-5-9-20(19)29-18-6-2-1-3-7-18/h1-9,15-16,24H,10-13H2,(H,27,28)/b17-15-. The third-order valence-corrected chi connectivity index (χ3v) is 5.80. The van der Waals surface area contributed by atoms with Crippen molar-refractivity contribution in [3.63, 3.8) is 0 Å². The van der Waals surface area contributed by atoms with Crippen LogP contribution < -0.4 is 5.32 Å². The molecule has 1 saturated heterocycles. The highest BCUT2D eigenvalue weighted by molar-refractivity contribution is 7.99. The molecule has 1 heterocycles. The van der Waals surface area contributed by atoms with E-state index in [2.05, 4.69) is 5.32 Å². The van der Waals surface area contributed by atoms with Gasteiger partial charge in [-0.2, -0.15) is 5.26 Å². The number of nitrogens with zero attached hydrogens (tertiary/aromatic N) is 2. The molecule has 1 aliphatic heterocycles. The van der Waals surface area contributed by atoms with Crippen LogP contribution in [-0.2, 0) is 9.59 Å². The summed E-state index contributed by atoms with van der Waals surface area (Å²) < 4.78 is 0. The molecule has 0 aromatic heterocycles. The summed E-state index contributed by atoms with van der Waals surface area (Å²) in [6.07, 6.45) is 2.24. The summed E-state index contributed by atoms with van der Waals surface area (Å²) in [6, 6.07) is 19.6. The van der Waals surface area contributed by atoms with Crippen LogP contribution in [0.1, 0.15) is 12.8 Å². The minimum absolute atomic E-state index is 0.00158. The maximum atomic E-state index is 12.6. The number of carbonyl (C=O) groups excluding carboxylic acids is 1. The van der Waals surface area contributed by atoms with Crippen molar-refractivity contribution in [2.45, 2.75) is 22.6 Å². The van der Waals surface area contributed by atoms with Gasteiger partial charge in [-0.1, -0.05) is 42.1 Å². The number of nitrogens with one attached hydrogen (secondary N) is 1. The quantitative estimate of drug-likeness (QED) is 0.556. The predicted octanol–water partition coefficient (Wildman–Crippen LogP) is 3.98. The highest BCUT2D eigenvalue weighted by atomic mass is 32.2. The van der Waals surface area contributed by atoms with Crippen molar-refractivity contribution in [3.8, 4) is 6.07 Å². The van der Waals surface area contributed by atoms with E-state index in [1.54, 1.807) is 16.7 Å². The van der Waals surface area contributed by atoms with Gasteiger partial charge in [0.1, 0.15) is 11.6 Å². The van der Waals surface area contributed by atoms with E-state index in [9.17, 15) is 14.9 Å². The van der Waals surface area contributed by atoms with Crippen LogP contribution in [-0.4, -0.2) is 35.0 Å². The minimum Gasteiger partial charge on any atom is -0.481 e. The molecule has 0 atom stereocenters. The Morgan fingerprint density at radius 2 is 1.76 bits per heavy atom. The number of nitriles is 1. The van der Waals surface area contributed by atoms with Crippen molar-refractivity contribution in [2.75, 3.05) is 18.4 Å². The van der Waals surface area contributed by atoms with Crippen LogP contribution in [0, 0.1) is 17.2 Å². The molecule has 7 heteroatoms. The van der Waals surface area contributed by atoms with Gasteiger partial charge in [0.05, 0.1) is 11.6 Å². The van der Waals surface area contributed by atoms with E-state index < -0.39 is 11.9 Å². The topological polar surface area (TPSA) is 93.4 Å². The lowest BCUT2D eigenvalue weighted by Crippen LogP contribution is -2.40. The Kier molecular flexibility index (Phi) is 6.93. The summed E-state index contributed by atoms with van der Waals surface area (Å²) in [4.78, 5) is 27.3. The summed E-state index contributed by atoms with van der Waals surface area (Å²) in [5.41, 5.74) is 0.796. The zero-order valence-corrected chi connectivity index (χ0v) is 16.6. The molecule has 1 aliphatic rings. The minimum atomic E-state index is -0.831. The number of carbonyl (C=O) groups is 2. The number of carboxylic acid groups (broad SMARTS) is 1. The van der Waals surface area contributed by atoms with Crippen LogP contribution in [0.25, 0.3) is 0 Å². The highest BCUT2D eigenvalue weighted by Crippen LogP contribution is 2.33. The lowest BCUT2D eigenvalue weighted by molar-refractivity contribution is -0.145. The van der Waals surface area contributed by atoms with E-state index >= 15 is 0 Å². The molecule has 29 heavy (non-hydrogen) atoms. The monoisotopic (exact) mass is 407 g/mol. The maximum absolute atomic E-state index is 12.6. The zero-order chi connectivity index (χ0) is 20.6. The second-order valence-electron chi connectivity index (χ2n) is 6.63. The third kappa shape index (κ3) is 5.39. The second-order valence-corrected chi connectivity index (χ2v) is 7.75. The van der Waals surface area contributed by atoms with Crippen molar-refractivity contribution in [3.05, 3.63) is 66.4 Å². The molecule has 0 saturated carbocycles. The van der Waals surface area contributed by atoms with Gasteiger partial charge in [-0.25, -0.2) is 0 Å². The Bertz CT molecular complexity index is 945. The molecule has 0 aliphatic carbocycles. The van der Waals surface area contributed by atoms with Crippen LogP contribution in [0.3, 0.4) is 0 Å². The first-order chi connectivity index (χ1) is 14.1. The SMILES string of the molecule is N#C/C(=C/Nc1ccccc1Sc1ccccc1)C(=O)N1CCC(C(=O)O)CC1. The molecule has 2 N–H and O–H groups in total. The predicted molar refractivity (Wildman–Crippen MR) is 111 cm³/mol. The van der Waals surface area contributed by atoms with Gasteiger partial charge in [0.2, 0.25) is 0 Å². The molecule has 0 radical (unpaired) electrons. The Balaban J connectivity index is 1.69. The van der Waals surface area contributed by atoms with Crippen LogP contribution >= 0.6 is 11.8 Å². The molecule has 1 fully saturated rings. The Labute approximate surface area is 173 Å². The van der Waals surface area contributed by atoms with Crippen molar-refractivity contribution >= 4 is 29.3 Å². The summed E-state index contributed by atoms with van der Waals surface area (Å²) >= 11 is 1.59. The van der Waals surface area contributed by atoms with Gasteiger partial charge in [0.15, 0.2) is 0 Å². The number of benzene rings is 2. The number of anilines is 1. The van der Waals surface area contributed by atoms with E-state index in [1.807, 2.05) is 60.7 Å². The summed E-state index contributed by atoms with van der Waals surface area (Å²) in [5.74, 6) is -1.63. The van der Waals surface area contributed by atoms with Crippen LogP contribution in [0.4, 0.5) is 5.69 Å². The van der Waals surface area contributed by atoms with E-state index in [0.29, 0.717) is 25.9 Å². The molecule has 0 unspecified atom stereocenters. The van der Waals surface area contributed by atoms with E-state index in [4.69, 9.17) is 5.11 Å². The first kappa shape index (κ1) is 20.5. The molecule has 148 valence electrons. The number of hydrogen-bond donors (Lipinski definition) is 2. The average molecular weight is 407 g/mol. The van der Waals surface area contributed by atoms with Crippen molar-refractivity contribution in [2.24, 2.45) is 5.92 Å². The molecule has 2 aromatic rings. The molecular weight excluding hydrogens is 386 g/mol. The normalized spacial score (nSPS) is 14.9. The third-order valence-electron chi connectivity index (χ3n) is 4.71. The first-order valence-corrected chi connectivity index (χ1v) is 10.1. The van der Waals surface area contributed by atoms with Gasteiger partial charge in [0.25, 0.3) is 5.91 Å². The summed E-state index contributed by atoms with van der Waals surface area (Å²) in [6.45, 7) is 0.685. The van der Waals surface area contributed by atoms with E-state index in [-0.39, 0.29) is 11.5 Å². The van der Waals surface area contributed by atoms with Gasteiger partial charge in [-0.15, -0.1) is 0 Å². The fraction of sp³-hybridized carbons (Fsp3) is 0.227. The number of likely N-dealkylation sites (tertiary alicyclic amines) is 1. The average Bonchev–Trinajstić information content (AvgIpc) is 2.76. The number of rotatable bonds is 6. The fourth-order valence-electron chi connectivity index (χ4n) is 3.08. The first-order valence-electron chi connectivity index (χ1n) is 9.29. The molecule has 3 rings (SSSR count). The number of para-hydroxylation sites is 1. The van der Waals surface area contributed by atoms with E-state index in [1.165, 1.54) is 6.20 Å². The lowest BCUT2D eigenvalue weighted by atomic mass is 9.97. The summed E-state index contributed by atoms with van der Waals surface area (Å²) in [5, 5.41) is 21.6. The van der Waals surface area contributed by atoms with Gasteiger partial charge in [-0.3, -0.25) is 9.59 Å². The number of amides is 1. The number of piperidine rings is 1. The van der Waals surface area contributed by atoms with Gasteiger partial charge in [0, 0.05) is 29.1 Å². The van der Waals surface area contributed by atoms with Crippen molar-refractivity contribution in [1.82, 2.24) is 4.90 Å². The van der Waals surface area contributed by atoms with Crippen LogP contribution in [0.2, 0.25) is 0 Å². The largest absolute Gasteiger partial charge is 0.481 e. The van der Waals surface area contributed by atoms with E-state index in [0.717, 1.165) is 15.5 Å².